The first-order valence-corrected chi connectivity index (χ1v) is 7.08. The molecule has 2 aromatic rings. The van der Waals surface area contributed by atoms with Crippen LogP contribution in [0.4, 0.5) is 16.2 Å². The number of halogens is 1. The molecule has 5 heteroatoms. The number of hydrogen-bond donors (Lipinski definition) is 3. The zero-order chi connectivity index (χ0) is 15.2. The van der Waals surface area contributed by atoms with Gasteiger partial charge in [0.15, 0.2) is 0 Å². The molecule has 21 heavy (non-hydrogen) atoms. The molecule has 0 spiro atoms. The number of amides is 2. The second kappa shape index (κ2) is 6.99. The zero-order valence-corrected chi connectivity index (χ0v) is 12.6. The van der Waals surface area contributed by atoms with E-state index in [4.69, 9.17) is 17.3 Å². The third kappa shape index (κ3) is 4.68. The molecule has 0 saturated carbocycles. The van der Waals surface area contributed by atoms with Gasteiger partial charge in [0.25, 0.3) is 0 Å². The molecule has 0 radical (unpaired) electrons. The monoisotopic (exact) mass is 303 g/mol. The minimum atomic E-state index is -0.264. The predicted octanol–water partition coefficient (Wildman–Crippen LogP) is 3.59. The Morgan fingerprint density at radius 1 is 1.19 bits per heavy atom. The molecule has 2 rings (SSSR count). The lowest BCUT2D eigenvalue weighted by Crippen LogP contribution is -2.30. The van der Waals surface area contributed by atoms with Crippen molar-refractivity contribution in [2.75, 3.05) is 17.6 Å². The number of nitrogens with two attached hydrogens (primary N) is 1. The van der Waals surface area contributed by atoms with Gasteiger partial charge >= 0.3 is 6.03 Å². The molecule has 2 aromatic carbocycles. The molecule has 4 nitrogen and oxygen atoms in total. The lowest BCUT2D eigenvalue weighted by Gasteiger charge is -2.10. The Labute approximate surface area is 129 Å². The van der Waals surface area contributed by atoms with E-state index < -0.39 is 0 Å². The van der Waals surface area contributed by atoms with Crippen molar-refractivity contribution in [3.8, 4) is 0 Å². The Morgan fingerprint density at radius 2 is 1.90 bits per heavy atom. The number of aryl methyl sites for hydroxylation is 1. The van der Waals surface area contributed by atoms with Gasteiger partial charge < -0.3 is 16.4 Å². The van der Waals surface area contributed by atoms with E-state index in [0.29, 0.717) is 22.9 Å². The van der Waals surface area contributed by atoms with Crippen molar-refractivity contribution in [3.05, 3.63) is 58.6 Å². The van der Waals surface area contributed by atoms with Gasteiger partial charge in [0.2, 0.25) is 0 Å². The topological polar surface area (TPSA) is 67.2 Å². The minimum Gasteiger partial charge on any atom is -0.397 e. The van der Waals surface area contributed by atoms with Crippen LogP contribution < -0.4 is 16.4 Å². The molecule has 0 aliphatic heterocycles. The van der Waals surface area contributed by atoms with Crippen LogP contribution >= 0.6 is 11.6 Å². The molecule has 0 atom stereocenters. The summed E-state index contributed by atoms with van der Waals surface area (Å²) in [5.41, 5.74) is 9.20. The van der Waals surface area contributed by atoms with E-state index in [-0.39, 0.29) is 6.03 Å². The quantitative estimate of drug-likeness (QED) is 0.756. The van der Waals surface area contributed by atoms with E-state index in [1.807, 2.05) is 43.3 Å². The molecule has 0 bridgehead atoms. The largest absolute Gasteiger partial charge is 0.397 e. The van der Waals surface area contributed by atoms with Crippen LogP contribution in [0.15, 0.2) is 42.5 Å². The first-order chi connectivity index (χ1) is 10.0. The van der Waals surface area contributed by atoms with Crippen LogP contribution in [0.25, 0.3) is 0 Å². The second-order valence-corrected chi connectivity index (χ2v) is 5.28. The van der Waals surface area contributed by atoms with Crippen LogP contribution in [0.5, 0.6) is 0 Å². The van der Waals surface area contributed by atoms with Crippen LogP contribution in [0.3, 0.4) is 0 Å². The van der Waals surface area contributed by atoms with E-state index in [1.54, 1.807) is 6.07 Å². The van der Waals surface area contributed by atoms with Crippen molar-refractivity contribution in [1.29, 1.82) is 0 Å². The Bertz CT molecular complexity index is 626. The summed E-state index contributed by atoms with van der Waals surface area (Å²) >= 11 is 5.82. The van der Waals surface area contributed by atoms with E-state index in [0.717, 1.165) is 17.5 Å². The predicted molar refractivity (Wildman–Crippen MR) is 87.8 cm³/mol. The highest BCUT2D eigenvalue weighted by atomic mass is 35.5. The maximum absolute atomic E-state index is 11.8. The maximum Gasteiger partial charge on any atom is 0.319 e. The molecule has 0 aliphatic rings. The maximum atomic E-state index is 11.8. The van der Waals surface area contributed by atoms with Crippen LogP contribution in [0.2, 0.25) is 5.02 Å². The molecule has 0 aliphatic carbocycles. The van der Waals surface area contributed by atoms with Gasteiger partial charge in [-0.2, -0.15) is 0 Å². The van der Waals surface area contributed by atoms with Crippen molar-refractivity contribution >= 4 is 29.0 Å². The van der Waals surface area contributed by atoms with Crippen LogP contribution in [-0.4, -0.2) is 12.6 Å². The van der Waals surface area contributed by atoms with Gasteiger partial charge in [0.05, 0.1) is 11.4 Å². The highest BCUT2D eigenvalue weighted by molar-refractivity contribution is 6.30. The summed E-state index contributed by atoms with van der Waals surface area (Å²) in [6.45, 7) is 2.49. The first kappa shape index (κ1) is 15.2. The zero-order valence-electron chi connectivity index (χ0n) is 11.8. The van der Waals surface area contributed by atoms with Gasteiger partial charge in [0, 0.05) is 11.6 Å². The highest BCUT2D eigenvalue weighted by Gasteiger charge is 2.04. The van der Waals surface area contributed by atoms with E-state index >= 15 is 0 Å². The number of carbonyl (C=O) groups excluding carboxylic acids is 1. The van der Waals surface area contributed by atoms with E-state index in [9.17, 15) is 4.79 Å². The molecular formula is C16H18ClN3O. The SMILES string of the molecule is Cc1ccc(NC(=O)NCCc2ccc(Cl)cc2)c(N)c1. The number of nitrogen functional groups attached to an aromatic ring is 1. The van der Waals surface area contributed by atoms with Crippen molar-refractivity contribution in [2.24, 2.45) is 0 Å². The molecule has 110 valence electrons. The van der Waals surface area contributed by atoms with E-state index in [1.165, 1.54) is 0 Å². The lowest BCUT2D eigenvalue weighted by molar-refractivity contribution is 0.252. The molecule has 0 heterocycles. The van der Waals surface area contributed by atoms with Crippen molar-refractivity contribution in [1.82, 2.24) is 5.32 Å². The van der Waals surface area contributed by atoms with Crippen molar-refractivity contribution in [3.63, 3.8) is 0 Å². The molecule has 0 unspecified atom stereocenters. The van der Waals surface area contributed by atoms with Gasteiger partial charge in [-0.1, -0.05) is 29.8 Å². The second-order valence-electron chi connectivity index (χ2n) is 4.85. The molecule has 0 fully saturated rings. The van der Waals surface area contributed by atoms with Crippen molar-refractivity contribution in [2.45, 2.75) is 13.3 Å². The molecule has 2 amide bonds. The fourth-order valence-electron chi connectivity index (χ4n) is 1.93. The summed E-state index contributed by atoms with van der Waals surface area (Å²) in [5, 5.41) is 6.24. The summed E-state index contributed by atoms with van der Waals surface area (Å²) in [6.07, 6.45) is 0.744. The number of benzene rings is 2. The Kier molecular flexibility index (Phi) is 5.06. The van der Waals surface area contributed by atoms with Crippen LogP contribution in [0.1, 0.15) is 11.1 Å². The summed E-state index contributed by atoms with van der Waals surface area (Å²) in [5.74, 6) is 0. The highest BCUT2D eigenvalue weighted by Crippen LogP contribution is 2.19. The first-order valence-electron chi connectivity index (χ1n) is 6.70. The lowest BCUT2D eigenvalue weighted by atomic mass is 10.1. The average molecular weight is 304 g/mol. The summed E-state index contributed by atoms with van der Waals surface area (Å²) in [4.78, 5) is 11.8. The number of anilines is 2. The summed E-state index contributed by atoms with van der Waals surface area (Å²) < 4.78 is 0. The van der Waals surface area contributed by atoms with Crippen LogP contribution in [-0.2, 0) is 6.42 Å². The van der Waals surface area contributed by atoms with Gasteiger partial charge in [0.1, 0.15) is 0 Å². The molecule has 0 saturated heterocycles. The number of rotatable bonds is 4. The molecular weight excluding hydrogens is 286 g/mol. The normalized spacial score (nSPS) is 10.2. The summed E-state index contributed by atoms with van der Waals surface area (Å²) in [6, 6.07) is 12.8. The number of hydrogen-bond acceptors (Lipinski definition) is 2. The number of nitrogens with one attached hydrogen (secondary N) is 2. The van der Waals surface area contributed by atoms with Gasteiger partial charge in [-0.15, -0.1) is 0 Å². The fourth-order valence-corrected chi connectivity index (χ4v) is 2.06. The minimum absolute atomic E-state index is 0.264. The third-order valence-electron chi connectivity index (χ3n) is 3.07. The number of urea groups is 1. The number of carbonyl (C=O) groups is 1. The average Bonchev–Trinajstić information content (AvgIpc) is 2.44. The standard InChI is InChI=1S/C16H18ClN3O/c1-11-2-7-15(14(18)10-11)20-16(21)19-9-8-12-3-5-13(17)6-4-12/h2-7,10H,8-9,18H2,1H3,(H2,19,20,21). The van der Waals surface area contributed by atoms with Gasteiger partial charge in [-0.3, -0.25) is 0 Å². The third-order valence-corrected chi connectivity index (χ3v) is 3.32. The van der Waals surface area contributed by atoms with Crippen molar-refractivity contribution < 1.29 is 4.79 Å². The Balaban J connectivity index is 1.81. The Morgan fingerprint density at radius 3 is 2.57 bits per heavy atom. The summed E-state index contributed by atoms with van der Waals surface area (Å²) in [7, 11) is 0. The fraction of sp³-hybridized carbons (Fsp3) is 0.188. The molecule has 4 N–H and O–H groups in total. The van der Waals surface area contributed by atoms with Gasteiger partial charge in [-0.25, -0.2) is 4.79 Å². The smallest absolute Gasteiger partial charge is 0.319 e. The molecule has 0 aromatic heterocycles. The Hall–Kier alpha value is -2.20. The van der Waals surface area contributed by atoms with Gasteiger partial charge in [-0.05, 0) is 48.7 Å². The van der Waals surface area contributed by atoms with E-state index in [2.05, 4.69) is 10.6 Å². The van der Waals surface area contributed by atoms with Crippen LogP contribution in [0, 0.1) is 6.92 Å².